The molecule has 4 nitrogen and oxygen atoms in total. The van der Waals surface area contributed by atoms with Gasteiger partial charge in [0.25, 0.3) is 5.91 Å². The molecule has 0 N–H and O–H groups in total. The van der Waals surface area contributed by atoms with E-state index in [-0.39, 0.29) is 5.91 Å². The Bertz CT molecular complexity index is 878. The summed E-state index contributed by atoms with van der Waals surface area (Å²) in [5.74, 6) is 0.603. The fourth-order valence-electron chi connectivity index (χ4n) is 3.62. The van der Waals surface area contributed by atoms with Crippen LogP contribution in [0.2, 0.25) is 0 Å². The first-order valence-electron chi connectivity index (χ1n) is 8.83. The minimum Gasteiger partial charge on any atom is -0.338 e. The van der Waals surface area contributed by atoms with Crippen molar-refractivity contribution >= 4 is 16.8 Å². The van der Waals surface area contributed by atoms with Crippen LogP contribution in [0, 0.1) is 5.92 Å². The van der Waals surface area contributed by atoms with Crippen LogP contribution in [0.15, 0.2) is 60.9 Å². The van der Waals surface area contributed by atoms with Crippen LogP contribution >= 0.6 is 0 Å². The molecule has 126 valence electrons. The fraction of sp³-hybridized carbons (Fsp3) is 0.286. The Morgan fingerprint density at radius 2 is 2.00 bits per heavy atom. The highest BCUT2D eigenvalue weighted by molar-refractivity contribution is 5.98. The maximum absolute atomic E-state index is 12.9. The van der Waals surface area contributed by atoms with Crippen LogP contribution in [0.3, 0.4) is 0 Å². The van der Waals surface area contributed by atoms with Crippen molar-refractivity contribution in [3.8, 4) is 0 Å². The molecule has 3 aromatic rings. The van der Waals surface area contributed by atoms with Gasteiger partial charge in [-0.15, -0.1) is 0 Å². The van der Waals surface area contributed by atoms with Crippen molar-refractivity contribution in [2.24, 2.45) is 5.92 Å². The van der Waals surface area contributed by atoms with E-state index in [0.29, 0.717) is 5.92 Å². The van der Waals surface area contributed by atoms with E-state index in [1.807, 2.05) is 53.6 Å². The molecule has 3 heterocycles. The second-order valence-electron chi connectivity index (χ2n) is 6.70. The van der Waals surface area contributed by atoms with Gasteiger partial charge in [0.15, 0.2) is 0 Å². The number of hydrogen-bond acceptors (Lipinski definition) is 3. The molecule has 4 heteroatoms. The maximum atomic E-state index is 12.9. The number of hydrogen-bond donors (Lipinski definition) is 0. The monoisotopic (exact) mass is 331 g/mol. The maximum Gasteiger partial charge on any atom is 0.253 e. The van der Waals surface area contributed by atoms with Crippen molar-refractivity contribution in [1.82, 2.24) is 14.9 Å². The average molecular weight is 331 g/mol. The lowest BCUT2D eigenvalue weighted by Gasteiger charge is -2.32. The van der Waals surface area contributed by atoms with E-state index in [9.17, 15) is 4.79 Å². The summed E-state index contributed by atoms with van der Waals surface area (Å²) in [6.07, 6.45) is 6.76. The number of rotatable bonds is 3. The van der Waals surface area contributed by atoms with Gasteiger partial charge in [-0.2, -0.15) is 0 Å². The minimum absolute atomic E-state index is 0.122. The largest absolute Gasteiger partial charge is 0.338 e. The van der Waals surface area contributed by atoms with E-state index in [0.717, 1.165) is 54.5 Å². The summed E-state index contributed by atoms with van der Waals surface area (Å²) in [4.78, 5) is 23.7. The molecule has 25 heavy (non-hydrogen) atoms. The predicted molar refractivity (Wildman–Crippen MR) is 98.3 cm³/mol. The van der Waals surface area contributed by atoms with Crippen molar-refractivity contribution in [3.63, 3.8) is 0 Å². The number of carbonyl (C=O) groups is 1. The molecule has 4 rings (SSSR count). The quantitative estimate of drug-likeness (QED) is 0.735. The summed E-state index contributed by atoms with van der Waals surface area (Å²) in [5, 5.41) is 1.01. The van der Waals surface area contributed by atoms with Crippen LogP contribution < -0.4 is 0 Å². The lowest BCUT2D eigenvalue weighted by Crippen LogP contribution is -2.40. The number of benzene rings is 1. The molecule has 1 aliphatic heterocycles. The summed E-state index contributed by atoms with van der Waals surface area (Å²) in [6.45, 7) is 1.64. The molecule has 0 radical (unpaired) electrons. The first-order valence-corrected chi connectivity index (χ1v) is 8.83. The van der Waals surface area contributed by atoms with Crippen LogP contribution in [-0.2, 0) is 6.42 Å². The van der Waals surface area contributed by atoms with Crippen molar-refractivity contribution in [2.45, 2.75) is 19.3 Å². The van der Waals surface area contributed by atoms with Gasteiger partial charge in [0.05, 0.1) is 5.52 Å². The second-order valence-corrected chi connectivity index (χ2v) is 6.70. The molecule has 0 saturated carbocycles. The minimum atomic E-state index is 0.122. The van der Waals surface area contributed by atoms with Crippen molar-refractivity contribution in [2.75, 3.05) is 13.1 Å². The molecule has 1 fully saturated rings. The van der Waals surface area contributed by atoms with Crippen LogP contribution in [0.25, 0.3) is 10.9 Å². The highest BCUT2D eigenvalue weighted by Crippen LogP contribution is 2.22. The lowest BCUT2D eigenvalue weighted by molar-refractivity contribution is 0.0673. The van der Waals surface area contributed by atoms with Gasteiger partial charge in [-0.05, 0) is 61.6 Å². The molecule has 1 aliphatic rings. The van der Waals surface area contributed by atoms with E-state index in [4.69, 9.17) is 0 Å². The van der Waals surface area contributed by atoms with Gasteiger partial charge in [-0.1, -0.05) is 12.1 Å². The molecule has 1 aromatic carbocycles. The number of likely N-dealkylation sites (tertiary alicyclic amines) is 1. The Morgan fingerprint density at radius 3 is 2.88 bits per heavy atom. The molecule has 0 spiro atoms. The molecule has 0 aliphatic carbocycles. The number of amides is 1. The van der Waals surface area contributed by atoms with Crippen LogP contribution in [0.1, 0.15) is 28.9 Å². The third-order valence-electron chi connectivity index (χ3n) is 4.88. The molecule has 1 atom stereocenters. The molecular formula is C21H21N3O. The van der Waals surface area contributed by atoms with E-state index < -0.39 is 0 Å². The van der Waals surface area contributed by atoms with E-state index in [2.05, 4.69) is 16.0 Å². The zero-order valence-electron chi connectivity index (χ0n) is 14.1. The second kappa shape index (κ2) is 7.01. The first-order chi connectivity index (χ1) is 12.3. The van der Waals surface area contributed by atoms with Crippen molar-refractivity contribution in [3.05, 3.63) is 72.2 Å². The summed E-state index contributed by atoms with van der Waals surface area (Å²) in [7, 11) is 0. The zero-order valence-corrected chi connectivity index (χ0v) is 14.1. The predicted octanol–water partition coefficient (Wildman–Crippen LogP) is 3.72. The van der Waals surface area contributed by atoms with Crippen molar-refractivity contribution in [1.29, 1.82) is 0 Å². The average Bonchev–Trinajstić information content (AvgIpc) is 2.68. The lowest BCUT2D eigenvalue weighted by atomic mass is 9.92. The number of piperidine rings is 1. The number of pyridine rings is 2. The smallest absolute Gasteiger partial charge is 0.253 e. The number of carbonyl (C=O) groups excluding carboxylic acids is 1. The van der Waals surface area contributed by atoms with Gasteiger partial charge in [-0.25, -0.2) is 0 Å². The van der Waals surface area contributed by atoms with Gasteiger partial charge in [-0.3, -0.25) is 14.8 Å². The van der Waals surface area contributed by atoms with E-state index in [1.54, 1.807) is 6.20 Å². The Kier molecular flexibility index (Phi) is 4.42. The number of fused-ring (bicyclic) bond motifs is 1. The molecule has 2 aromatic heterocycles. The van der Waals surface area contributed by atoms with Gasteiger partial charge < -0.3 is 4.90 Å². The Balaban J connectivity index is 1.49. The highest BCUT2D eigenvalue weighted by Gasteiger charge is 2.25. The fourth-order valence-corrected chi connectivity index (χ4v) is 3.62. The standard InChI is InChI=1S/C21H21N3O/c25-21(18-8-9-20-17(14-18)6-3-11-23-20)24-12-4-5-16(15-24)13-19-7-1-2-10-22-19/h1-3,6-11,14,16H,4-5,12-13,15H2/t16-/m0/s1. The summed E-state index contributed by atoms with van der Waals surface area (Å²) >= 11 is 0. The molecule has 1 amide bonds. The van der Waals surface area contributed by atoms with Gasteiger partial charge in [0.2, 0.25) is 0 Å². The number of aromatic nitrogens is 2. The van der Waals surface area contributed by atoms with Crippen LogP contribution in [-0.4, -0.2) is 33.9 Å². The molecular weight excluding hydrogens is 310 g/mol. The molecule has 0 bridgehead atoms. The van der Waals surface area contributed by atoms with E-state index in [1.165, 1.54) is 0 Å². The topological polar surface area (TPSA) is 46.1 Å². The zero-order chi connectivity index (χ0) is 17.1. The Morgan fingerprint density at radius 1 is 1.08 bits per heavy atom. The molecule has 0 unspecified atom stereocenters. The van der Waals surface area contributed by atoms with Crippen LogP contribution in [0.4, 0.5) is 0 Å². The highest BCUT2D eigenvalue weighted by atomic mass is 16.2. The normalized spacial score (nSPS) is 17.6. The Labute approximate surface area is 147 Å². The van der Waals surface area contributed by atoms with Crippen molar-refractivity contribution < 1.29 is 4.79 Å². The third kappa shape index (κ3) is 3.53. The SMILES string of the molecule is O=C(c1ccc2ncccc2c1)N1CCC[C@@H](Cc2ccccn2)C1. The van der Waals surface area contributed by atoms with Gasteiger partial charge in [0, 0.05) is 42.1 Å². The van der Waals surface area contributed by atoms with Gasteiger partial charge >= 0.3 is 0 Å². The Hall–Kier alpha value is -2.75. The number of nitrogens with zero attached hydrogens (tertiary/aromatic N) is 3. The molecule has 1 saturated heterocycles. The first kappa shape index (κ1) is 15.8. The third-order valence-corrected chi connectivity index (χ3v) is 4.88. The summed E-state index contributed by atoms with van der Waals surface area (Å²) in [5.41, 5.74) is 2.78. The van der Waals surface area contributed by atoms with Gasteiger partial charge in [0.1, 0.15) is 0 Å². The van der Waals surface area contributed by atoms with Crippen LogP contribution in [0.5, 0.6) is 0 Å². The summed E-state index contributed by atoms with van der Waals surface area (Å²) in [6, 6.07) is 15.7. The van der Waals surface area contributed by atoms with E-state index >= 15 is 0 Å². The summed E-state index contributed by atoms with van der Waals surface area (Å²) < 4.78 is 0.